The zero-order valence-electron chi connectivity index (χ0n) is 11.6. The van der Waals surface area contributed by atoms with Crippen molar-refractivity contribution >= 4 is 17.2 Å². The van der Waals surface area contributed by atoms with Gasteiger partial charge in [0.2, 0.25) is 0 Å². The third-order valence-corrected chi connectivity index (χ3v) is 4.42. The van der Waals surface area contributed by atoms with Gasteiger partial charge >= 0.3 is 0 Å². The molecule has 2 N–H and O–H groups in total. The number of hydrogen-bond acceptors (Lipinski definition) is 4. The molecule has 5 heteroatoms. The SMILES string of the molecule is COCCC1(CNC(=O)c2csc(C#CCO)c2)CC1. The number of rotatable bonds is 6. The fourth-order valence-electron chi connectivity index (χ4n) is 2.03. The molecule has 0 atom stereocenters. The van der Waals surface area contributed by atoms with Crippen molar-refractivity contribution < 1.29 is 14.6 Å². The molecule has 0 radical (unpaired) electrons. The maximum Gasteiger partial charge on any atom is 0.252 e. The van der Waals surface area contributed by atoms with Gasteiger partial charge < -0.3 is 15.2 Å². The van der Waals surface area contributed by atoms with Crippen LogP contribution in [0.5, 0.6) is 0 Å². The maximum absolute atomic E-state index is 12.0. The quantitative estimate of drug-likeness (QED) is 0.784. The van der Waals surface area contributed by atoms with Gasteiger partial charge in [-0.15, -0.1) is 11.3 Å². The van der Waals surface area contributed by atoms with Gasteiger partial charge in [-0.2, -0.15) is 0 Å². The molecule has 0 aliphatic heterocycles. The second-order valence-corrected chi connectivity index (χ2v) is 6.00. The molecule has 1 saturated carbocycles. The van der Waals surface area contributed by atoms with Crippen molar-refractivity contribution in [1.82, 2.24) is 5.32 Å². The molecule has 1 aromatic heterocycles. The highest BCUT2D eigenvalue weighted by atomic mass is 32.1. The number of thiophene rings is 1. The number of hydrogen-bond donors (Lipinski definition) is 2. The number of amides is 1. The van der Waals surface area contributed by atoms with E-state index in [1.165, 1.54) is 11.3 Å². The lowest BCUT2D eigenvalue weighted by Gasteiger charge is -2.15. The fourth-order valence-corrected chi connectivity index (χ4v) is 2.78. The molecule has 1 aromatic rings. The van der Waals surface area contributed by atoms with Crippen molar-refractivity contribution in [2.45, 2.75) is 19.3 Å². The van der Waals surface area contributed by atoms with Crippen molar-refractivity contribution in [2.75, 3.05) is 26.9 Å². The summed E-state index contributed by atoms with van der Waals surface area (Å²) in [4.78, 5) is 12.8. The molecular formula is C15H19NO3S. The van der Waals surface area contributed by atoms with Crippen LogP contribution in [0, 0.1) is 17.3 Å². The number of aliphatic hydroxyl groups is 1. The minimum absolute atomic E-state index is 0.0537. The van der Waals surface area contributed by atoms with Gasteiger partial charge in [-0.05, 0) is 30.7 Å². The minimum Gasteiger partial charge on any atom is -0.385 e. The molecule has 1 amide bonds. The Bertz CT molecular complexity index is 523. The molecule has 1 fully saturated rings. The number of nitrogens with one attached hydrogen (secondary N) is 1. The van der Waals surface area contributed by atoms with Crippen LogP contribution in [0.15, 0.2) is 11.4 Å². The predicted octanol–water partition coefficient (Wildman–Crippen LogP) is 1.64. The summed E-state index contributed by atoms with van der Waals surface area (Å²) in [6, 6.07) is 1.76. The summed E-state index contributed by atoms with van der Waals surface area (Å²) in [5.74, 6) is 5.33. The lowest BCUT2D eigenvalue weighted by molar-refractivity contribution is 0.0938. The van der Waals surface area contributed by atoms with Gasteiger partial charge in [-0.25, -0.2) is 0 Å². The summed E-state index contributed by atoms with van der Waals surface area (Å²) in [5.41, 5.74) is 0.890. The lowest BCUT2D eigenvalue weighted by Crippen LogP contribution is -2.30. The van der Waals surface area contributed by atoms with Crippen LogP contribution in [0.1, 0.15) is 34.5 Å². The zero-order valence-corrected chi connectivity index (χ0v) is 12.4. The van der Waals surface area contributed by atoms with Crippen molar-refractivity contribution in [3.05, 3.63) is 21.9 Å². The fraction of sp³-hybridized carbons (Fsp3) is 0.533. The molecule has 0 spiro atoms. The second-order valence-electron chi connectivity index (χ2n) is 5.08. The number of carbonyl (C=O) groups is 1. The number of carbonyl (C=O) groups excluding carboxylic acids is 1. The summed E-state index contributed by atoms with van der Waals surface area (Å²) in [6.07, 6.45) is 3.32. The number of methoxy groups -OCH3 is 1. The Morgan fingerprint density at radius 1 is 1.60 bits per heavy atom. The van der Waals surface area contributed by atoms with Crippen molar-refractivity contribution in [3.63, 3.8) is 0 Å². The van der Waals surface area contributed by atoms with Gasteiger partial charge in [-0.1, -0.05) is 11.8 Å². The van der Waals surface area contributed by atoms with E-state index < -0.39 is 0 Å². The van der Waals surface area contributed by atoms with E-state index in [-0.39, 0.29) is 17.9 Å². The van der Waals surface area contributed by atoms with Gasteiger partial charge in [0.25, 0.3) is 5.91 Å². The highest BCUT2D eigenvalue weighted by Crippen LogP contribution is 2.48. The van der Waals surface area contributed by atoms with Crippen LogP contribution in [0.2, 0.25) is 0 Å². The van der Waals surface area contributed by atoms with Crippen molar-refractivity contribution in [1.29, 1.82) is 0 Å². The molecule has 2 rings (SSSR count). The highest BCUT2D eigenvalue weighted by Gasteiger charge is 2.42. The van der Waals surface area contributed by atoms with E-state index in [1.807, 2.05) is 0 Å². The van der Waals surface area contributed by atoms with E-state index in [0.29, 0.717) is 12.1 Å². The van der Waals surface area contributed by atoms with E-state index in [0.717, 1.165) is 30.7 Å². The molecule has 20 heavy (non-hydrogen) atoms. The van der Waals surface area contributed by atoms with E-state index in [1.54, 1.807) is 18.6 Å². The Labute approximate surface area is 123 Å². The number of ether oxygens (including phenoxy) is 1. The molecule has 0 aromatic carbocycles. The smallest absolute Gasteiger partial charge is 0.252 e. The normalized spacial score (nSPS) is 15.3. The van der Waals surface area contributed by atoms with Gasteiger partial charge in [-0.3, -0.25) is 4.79 Å². The molecule has 1 aliphatic carbocycles. The van der Waals surface area contributed by atoms with Crippen LogP contribution in [0.25, 0.3) is 0 Å². The van der Waals surface area contributed by atoms with Crippen molar-refractivity contribution in [3.8, 4) is 11.8 Å². The van der Waals surface area contributed by atoms with Crippen LogP contribution in [0.4, 0.5) is 0 Å². The Balaban J connectivity index is 1.84. The lowest BCUT2D eigenvalue weighted by atomic mass is 10.0. The van der Waals surface area contributed by atoms with Crippen LogP contribution >= 0.6 is 11.3 Å². The predicted molar refractivity (Wildman–Crippen MR) is 78.8 cm³/mol. The average Bonchev–Trinajstić information content (AvgIpc) is 3.08. The Morgan fingerprint density at radius 2 is 2.40 bits per heavy atom. The first kappa shape index (κ1) is 15.0. The summed E-state index contributed by atoms with van der Waals surface area (Å²) < 4.78 is 5.10. The average molecular weight is 293 g/mol. The molecule has 0 unspecified atom stereocenters. The molecule has 108 valence electrons. The standard InChI is InChI=1S/C15H19NO3S/c1-19-8-6-15(4-5-15)11-16-14(18)12-9-13(20-10-12)3-2-7-17/h9-10,17H,4-8,11H2,1H3,(H,16,18). The molecular weight excluding hydrogens is 274 g/mol. The molecule has 0 saturated heterocycles. The summed E-state index contributed by atoms with van der Waals surface area (Å²) in [6.45, 7) is 1.29. The first-order valence-corrected chi connectivity index (χ1v) is 7.52. The third kappa shape index (κ3) is 4.07. The summed E-state index contributed by atoms with van der Waals surface area (Å²) >= 11 is 1.42. The maximum atomic E-state index is 12.0. The summed E-state index contributed by atoms with van der Waals surface area (Å²) in [5, 5.41) is 13.4. The zero-order chi connectivity index (χ0) is 14.4. The third-order valence-electron chi connectivity index (χ3n) is 3.57. The Hall–Kier alpha value is -1.35. The topological polar surface area (TPSA) is 58.6 Å². The first-order chi connectivity index (χ1) is 9.69. The molecule has 1 heterocycles. The second kappa shape index (κ2) is 6.89. The summed E-state index contributed by atoms with van der Waals surface area (Å²) in [7, 11) is 1.70. The van der Waals surface area contributed by atoms with Gasteiger partial charge in [0.1, 0.15) is 6.61 Å². The molecule has 1 aliphatic rings. The Morgan fingerprint density at radius 3 is 3.05 bits per heavy atom. The van der Waals surface area contributed by atoms with Crippen LogP contribution in [-0.4, -0.2) is 37.9 Å². The highest BCUT2D eigenvalue weighted by molar-refractivity contribution is 7.10. The molecule has 0 bridgehead atoms. The van der Waals surface area contributed by atoms with Gasteiger partial charge in [0, 0.05) is 25.6 Å². The van der Waals surface area contributed by atoms with Crippen LogP contribution in [-0.2, 0) is 4.74 Å². The van der Waals surface area contributed by atoms with E-state index in [2.05, 4.69) is 17.2 Å². The Kier molecular flexibility index (Phi) is 5.18. The van der Waals surface area contributed by atoms with Gasteiger partial charge in [0.05, 0.1) is 10.4 Å². The largest absolute Gasteiger partial charge is 0.385 e. The van der Waals surface area contributed by atoms with E-state index >= 15 is 0 Å². The minimum atomic E-state index is -0.165. The monoisotopic (exact) mass is 293 g/mol. The van der Waals surface area contributed by atoms with Gasteiger partial charge in [0.15, 0.2) is 0 Å². The number of aliphatic hydroxyl groups excluding tert-OH is 1. The molecule has 4 nitrogen and oxygen atoms in total. The first-order valence-electron chi connectivity index (χ1n) is 6.64. The van der Waals surface area contributed by atoms with Crippen LogP contribution in [0.3, 0.4) is 0 Å². The van der Waals surface area contributed by atoms with E-state index in [4.69, 9.17) is 9.84 Å². The van der Waals surface area contributed by atoms with Crippen LogP contribution < -0.4 is 5.32 Å². The van der Waals surface area contributed by atoms with Crippen molar-refractivity contribution in [2.24, 2.45) is 5.41 Å². The van der Waals surface area contributed by atoms with E-state index in [9.17, 15) is 4.79 Å².